The van der Waals surface area contributed by atoms with Gasteiger partial charge in [0.25, 0.3) is 0 Å². The van der Waals surface area contributed by atoms with Crippen molar-refractivity contribution in [3.8, 4) is 0 Å². The standard InChI is InChI=1S/C16H23N3/c1-4-13(11-18-17-3)14-6-7-16-12-19(5-2)9-8-15(16)10-14/h4,6-7,10-11,17H,5,8-9,12H2,1-3H3/b13-4+,18-11-. The van der Waals surface area contributed by atoms with Crippen LogP contribution in [-0.4, -0.2) is 31.3 Å². The first-order valence-corrected chi connectivity index (χ1v) is 6.99. The van der Waals surface area contributed by atoms with Crippen LogP contribution >= 0.6 is 0 Å². The number of hydrogen-bond donors (Lipinski definition) is 1. The Bertz CT molecular complexity index is 489. The zero-order chi connectivity index (χ0) is 13.7. The van der Waals surface area contributed by atoms with Crippen molar-refractivity contribution in [2.45, 2.75) is 26.8 Å². The quantitative estimate of drug-likeness (QED) is 0.663. The predicted octanol–water partition coefficient (Wildman–Crippen LogP) is 2.67. The van der Waals surface area contributed by atoms with E-state index in [1.807, 2.05) is 13.3 Å². The lowest BCUT2D eigenvalue weighted by atomic mass is 9.95. The largest absolute Gasteiger partial charge is 0.313 e. The lowest BCUT2D eigenvalue weighted by Crippen LogP contribution is -2.30. The second-order valence-corrected chi connectivity index (χ2v) is 4.83. The second-order valence-electron chi connectivity index (χ2n) is 4.83. The van der Waals surface area contributed by atoms with Gasteiger partial charge in [-0.2, -0.15) is 5.10 Å². The number of nitrogens with zero attached hydrogens (tertiary/aromatic N) is 2. The minimum Gasteiger partial charge on any atom is -0.313 e. The van der Waals surface area contributed by atoms with E-state index in [9.17, 15) is 0 Å². The molecule has 0 radical (unpaired) electrons. The molecule has 3 heteroatoms. The fraction of sp³-hybridized carbons (Fsp3) is 0.438. The minimum atomic E-state index is 1.09. The van der Waals surface area contributed by atoms with Crippen LogP contribution < -0.4 is 5.43 Å². The molecule has 1 aromatic carbocycles. The first kappa shape index (κ1) is 13.8. The van der Waals surface area contributed by atoms with Crippen molar-refractivity contribution in [3.05, 3.63) is 41.0 Å². The highest BCUT2D eigenvalue weighted by Gasteiger charge is 2.15. The molecule has 2 rings (SSSR count). The van der Waals surface area contributed by atoms with Crippen LogP contribution in [0.15, 0.2) is 29.4 Å². The molecular formula is C16H23N3. The molecule has 0 spiro atoms. The van der Waals surface area contributed by atoms with Gasteiger partial charge in [-0.1, -0.05) is 31.2 Å². The fourth-order valence-corrected chi connectivity index (χ4v) is 2.51. The predicted molar refractivity (Wildman–Crippen MR) is 82.3 cm³/mol. The molecule has 19 heavy (non-hydrogen) atoms. The van der Waals surface area contributed by atoms with Gasteiger partial charge in [-0.3, -0.25) is 4.90 Å². The lowest BCUT2D eigenvalue weighted by Gasteiger charge is -2.27. The maximum Gasteiger partial charge on any atom is 0.0543 e. The van der Waals surface area contributed by atoms with E-state index < -0.39 is 0 Å². The molecule has 0 aliphatic carbocycles. The molecule has 0 fully saturated rings. The number of hydrazone groups is 1. The highest BCUT2D eigenvalue weighted by molar-refractivity contribution is 6.09. The lowest BCUT2D eigenvalue weighted by molar-refractivity contribution is 0.268. The molecule has 0 saturated heterocycles. The van der Waals surface area contributed by atoms with Crippen molar-refractivity contribution >= 4 is 11.8 Å². The van der Waals surface area contributed by atoms with Gasteiger partial charge in [-0.05, 0) is 42.2 Å². The highest BCUT2D eigenvalue weighted by Crippen LogP contribution is 2.23. The van der Waals surface area contributed by atoms with Crippen molar-refractivity contribution in [2.75, 3.05) is 20.1 Å². The SMILES string of the molecule is C/C=C(\C=N/NC)c1ccc2c(c1)CCN(CC)C2. The van der Waals surface area contributed by atoms with E-state index >= 15 is 0 Å². The maximum atomic E-state index is 4.11. The average molecular weight is 257 g/mol. The van der Waals surface area contributed by atoms with E-state index in [1.165, 1.54) is 23.2 Å². The second kappa shape index (κ2) is 6.53. The Hall–Kier alpha value is -1.61. The third-order valence-electron chi connectivity index (χ3n) is 3.72. The van der Waals surface area contributed by atoms with Crippen molar-refractivity contribution in [2.24, 2.45) is 5.10 Å². The van der Waals surface area contributed by atoms with Crippen LogP contribution in [0, 0.1) is 0 Å². The average Bonchev–Trinajstić information content (AvgIpc) is 2.47. The van der Waals surface area contributed by atoms with Crippen LogP contribution in [0.3, 0.4) is 0 Å². The molecule has 0 atom stereocenters. The van der Waals surface area contributed by atoms with Crippen molar-refractivity contribution in [3.63, 3.8) is 0 Å². The Morgan fingerprint density at radius 3 is 2.95 bits per heavy atom. The number of likely N-dealkylation sites (N-methyl/N-ethyl adjacent to an activating group) is 1. The molecule has 1 N–H and O–H groups in total. The summed E-state index contributed by atoms with van der Waals surface area (Å²) in [6, 6.07) is 6.79. The summed E-state index contributed by atoms with van der Waals surface area (Å²) < 4.78 is 0. The third-order valence-corrected chi connectivity index (χ3v) is 3.72. The summed E-state index contributed by atoms with van der Waals surface area (Å²) in [7, 11) is 1.82. The summed E-state index contributed by atoms with van der Waals surface area (Å²) in [5, 5.41) is 4.11. The summed E-state index contributed by atoms with van der Waals surface area (Å²) in [4.78, 5) is 2.49. The van der Waals surface area contributed by atoms with Gasteiger partial charge in [0.1, 0.15) is 0 Å². The first-order valence-electron chi connectivity index (χ1n) is 6.99. The molecule has 1 aliphatic heterocycles. The topological polar surface area (TPSA) is 27.6 Å². The molecule has 0 bridgehead atoms. The molecule has 0 saturated carbocycles. The first-order chi connectivity index (χ1) is 9.28. The fourth-order valence-electron chi connectivity index (χ4n) is 2.51. The smallest absolute Gasteiger partial charge is 0.0543 e. The van der Waals surface area contributed by atoms with Gasteiger partial charge >= 0.3 is 0 Å². The summed E-state index contributed by atoms with van der Waals surface area (Å²) in [5.41, 5.74) is 8.17. The third kappa shape index (κ3) is 3.24. The number of hydrogen-bond acceptors (Lipinski definition) is 3. The number of rotatable bonds is 4. The van der Waals surface area contributed by atoms with Crippen molar-refractivity contribution < 1.29 is 0 Å². The van der Waals surface area contributed by atoms with E-state index in [1.54, 1.807) is 0 Å². The number of nitrogens with one attached hydrogen (secondary N) is 1. The van der Waals surface area contributed by atoms with Crippen LogP contribution in [0.5, 0.6) is 0 Å². The van der Waals surface area contributed by atoms with Crippen LogP contribution in [0.2, 0.25) is 0 Å². The molecule has 1 heterocycles. The normalized spacial score (nSPS) is 16.7. The Morgan fingerprint density at radius 2 is 2.26 bits per heavy atom. The molecule has 3 nitrogen and oxygen atoms in total. The van der Waals surface area contributed by atoms with Gasteiger partial charge in [-0.25, -0.2) is 0 Å². The minimum absolute atomic E-state index is 1.09. The summed E-state index contributed by atoms with van der Waals surface area (Å²) >= 11 is 0. The summed E-state index contributed by atoms with van der Waals surface area (Å²) in [6.07, 6.45) is 5.13. The maximum absolute atomic E-state index is 4.11. The summed E-state index contributed by atoms with van der Waals surface area (Å²) in [6.45, 7) is 7.67. The van der Waals surface area contributed by atoms with Crippen LogP contribution in [0.1, 0.15) is 30.5 Å². The molecule has 0 aromatic heterocycles. The van der Waals surface area contributed by atoms with Gasteiger partial charge < -0.3 is 5.43 Å². The molecule has 0 amide bonds. The zero-order valence-electron chi connectivity index (χ0n) is 12.1. The Kier molecular flexibility index (Phi) is 4.74. The molecule has 0 unspecified atom stereocenters. The van der Waals surface area contributed by atoms with Gasteiger partial charge in [0, 0.05) is 20.1 Å². The number of benzene rings is 1. The van der Waals surface area contributed by atoms with E-state index in [2.05, 4.69) is 53.5 Å². The number of allylic oxidation sites excluding steroid dienone is 2. The van der Waals surface area contributed by atoms with Gasteiger partial charge in [0.15, 0.2) is 0 Å². The Morgan fingerprint density at radius 1 is 1.42 bits per heavy atom. The van der Waals surface area contributed by atoms with Crippen LogP contribution in [0.4, 0.5) is 0 Å². The van der Waals surface area contributed by atoms with Gasteiger partial charge in [0.05, 0.1) is 6.21 Å². The summed E-state index contributed by atoms with van der Waals surface area (Å²) in [5.74, 6) is 0. The Balaban J connectivity index is 2.24. The van der Waals surface area contributed by atoms with E-state index in [0.29, 0.717) is 0 Å². The van der Waals surface area contributed by atoms with E-state index in [-0.39, 0.29) is 0 Å². The Labute approximate surface area is 116 Å². The van der Waals surface area contributed by atoms with Crippen LogP contribution in [-0.2, 0) is 13.0 Å². The van der Waals surface area contributed by atoms with Gasteiger partial charge in [0.2, 0.25) is 0 Å². The van der Waals surface area contributed by atoms with Crippen LogP contribution in [0.25, 0.3) is 5.57 Å². The van der Waals surface area contributed by atoms with Gasteiger partial charge in [-0.15, -0.1) is 0 Å². The molecule has 1 aliphatic rings. The van der Waals surface area contributed by atoms with Crippen molar-refractivity contribution in [1.29, 1.82) is 0 Å². The van der Waals surface area contributed by atoms with E-state index in [4.69, 9.17) is 0 Å². The molecular weight excluding hydrogens is 234 g/mol. The van der Waals surface area contributed by atoms with E-state index in [0.717, 1.165) is 25.1 Å². The zero-order valence-corrected chi connectivity index (χ0v) is 12.1. The molecule has 102 valence electrons. The monoisotopic (exact) mass is 257 g/mol. The highest BCUT2D eigenvalue weighted by atomic mass is 15.3. The van der Waals surface area contributed by atoms with Crippen molar-refractivity contribution in [1.82, 2.24) is 10.3 Å². The number of fused-ring (bicyclic) bond motifs is 1. The molecule has 1 aromatic rings.